The second-order valence-corrected chi connectivity index (χ2v) is 13.6. The number of H-pyrrole nitrogens is 1. The number of halogens is 1. The van der Waals surface area contributed by atoms with E-state index in [2.05, 4.69) is 17.1 Å². The number of carbonyl (C=O) groups is 2. The van der Waals surface area contributed by atoms with E-state index in [-0.39, 0.29) is 57.4 Å². The fourth-order valence-electron chi connectivity index (χ4n) is 7.63. The molecule has 1 N–H and O–H groups in total. The van der Waals surface area contributed by atoms with Crippen LogP contribution in [0.5, 0.6) is 11.5 Å². The van der Waals surface area contributed by atoms with E-state index in [4.69, 9.17) is 16.3 Å². The van der Waals surface area contributed by atoms with Gasteiger partial charge in [-0.15, -0.1) is 11.8 Å². The normalized spacial score (nSPS) is 29.8. The first kappa shape index (κ1) is 24.5. The van der Waals surface area contributed by atoms with Crippen LogP contribution in [0.1, 0.15) is 22.8 Å². The van der Waals surface area contributed by atoms with Crippen LogP contribution in [0.3, 0.4) is 0 Å². The van der Waals surface area contributed by atoms with E-state index in [9.17, 15) is 14.4 Å². The summed E-state index contributed by atoms with van der Waals surface area (Å²) in [7, 11) is 0. The number of para-hydroxylation sites is 1. The highest BCUT2D eigenvalue weighted by molar-refractivity contribution is 8.00. The Morgan fingerprint density at radius 2 is 1.57 bits per heavy atom. The first-order valence-corrected chi connectivity index (χ1v) is 15.4. The minimum Gasteiger partial charge on any atom is -0.457 e. The number of imide groups is 1. The summed E-state index contributed by atoms with van der Waals surface area (Å²) >= 11 is 9.03. The monoisotopic (exact) mass is 586 g/mol. The molecule has 3 heterocycles. The molecule has 2 aliphatic heterocycles. The molecule has 4 aliphatic rings. The van der Waals surface area contributed by atoms with Gasteiger partial charge in [0.2, 0.25) is 11.8 Å². The molecule has 1 aromatic heterocycles. The summed E-state index contributed by atoms with van der Waals surface area (Å²) in [6.07, 6.45) is 0.847. The first-order valence-electron chi connectivity index (χ1n) is 13.3. The zero-order chi connectivity index (χ0) is 27.1. The Kier molecular flexibility index (Phi) is 5.56. The molecule has 1 saturated heterocycles. The van der Waals surface area contributed by atoms with E-state index in [1.54, 1.807) is 36.0 Å². The first-order chi connectivity index (χ1) is 19.5. The Bertz CT molecular complexity index is 1720. The second kappa shape index (κ2) is 9.09. The Morgan fingerprint density at radius 1 is 0.850 bits per heavy atom. The number of benzene rings is 3. The van der Waals surface area contributed by atoms with Crippen LogP contribution in [0.2, 0.25) is 5.02 Å². The standard InChI is InChI=1S/C31H23ClN2O4S2/c32-16-9-11-17(12-10-16)34-29(35)24-20-14-21(25(24)30(34)36)26-23(20)22(27-28(39-26)33-31(37)40-27)15-5-4-8-19(13-15)38-18-6-2-1-3-7-18/h1-13,20-26H,14H2,(H,33,37)/t20-,21-,22+,23+,24+,25+,26-/m1/s1. The topological polar surface area (TPSA) is 79.5 Å². The van der Waals surface area contributed by atoms with Crippen LogP contribution < -0.4 is 14.5 Å². The van der Waals surface area contributed by atoms with Crippen molar-refractivity contribution in [3.05, 3.63) is 104 Å². The summed E-state index contributed by atoms with van der Waals surface area (Å²) in [6, 6.07) is 24.6. The molecule has 0 unspecified atom stereocenters. The van der Waals surface area contributed by atoms with Gasteiger partial charge in [0, 0.05) is 21.1 Å². The van der Waals surface area contributed by atoms with Gasteiger partial charge in [0.25, 0.3) is 0 Å². The van der Waals surface area contributed by atoms with Crippen molar-refractivity contribution >= 4 is 52.2 Å². The average Bonchev–Trinajstić information content (AvgIpc) is 3.69. The summed E-state index contributed by atoms with van der Waals surface area (Å²) in [5.74, 6) is 0.771. The van der Waals surface area contributed by atoms with Crippen LogP contribution in [0.15, 0.2) is 88.7 Å². The molecule has 200 valence electrons. The number of aromatic amines is 1. The summed E-state index contributed by atoms with van der Waals surface area (Å²) in [4.78, 5) is 45.6. The maximum absolute atomic E-state index is 13.9. The number of nitrogens with one attached hydrogen (secondary N) is 1. The molecule has 7 atom stereocenters. The number of thiazole rings is 1. The number of fused-ring (bicyclic) bond motifs is 9. The van der Waals surface area contributed by atoms with Gasteiger partial charge in [0.05, 0.1) is 22.5 Å². The van der Waals surface area contributed by atoms with E-state index in [1.165, 1.54) is 16.2 Å². The Hall–Kier alpha value is -3.33. The predicted octanol–water partition coefficient (Wildman–Crippen LogP) is 6.56. The van der Waals surface area contributed by atoms with Crippen molar-refractivity contribution in [1.29, 1.82) is 0 Å². The number of hydrogen-bond donors (Lipinski definition) is 1. The molecule has 9 heteroatoms. The molecule has 2 saturated carbocycles. The van der Waals surface area contributed by atoms with Gasteiger partial charge in [-0.25, -0.2) is 0 Å². The molecule has 40 heavy (non-hydrogen) atoms. The third kappa shape index (κ3) is 3.59. The minimum absolute atomic E-state index is 0.0512. The van der Waals surface area contributed by atoms with Crippen LogP contribution in [-0.4, -0.2) is 22.0 Å². The SMILES string of the molecule is O=C1[C@H]2[C@H]3C[C@@H]([C@@H]2C(=O)N1c1ccc(Cl)cc1)[C@H]1[C@H](c2cccc(Oc4ccccc4)c2)c2sc(=O)[nH]c2S[C@H]31. The zero-order valence-corrected chi connectivity index (χ0v) is 23.4. The number of nitrogens with zero attached hydrogens (tertiary/aromatic N) is 1. The lowest BCUT2D eigenvalue weighted by atomic mass is 9.68. The summed E-state index contributed by atoms with van der Waals surface area (Å²) in [6.45, 7) is 0. The largest absolute Gasteiger partial charge is 0.457 e. The molecule has 4 aromatic rings. The van der Waals surface area contributed by atoms with Gasteiger partial charge in [-0.3, -0.25) is 19.3 Å². The molecule has 0 radical (unpaired) electrons. The number of thioether (sulfide) groups is 1. The molecule has 0 spiro atoms. The quantitative estimate of drug-likeness (QED) is 0.274. The Balaban J connectivity index is 1.19. The van der Waals surface area contributed by atoms with Crippen molar-refractivity contribution in [3.63, 3.8) is 0 Å². The lowest BCUT2D eigenvalue weighted by molar-refractivity contribution is -0.123. The lowest BCUT2D eigenvalue weighted by Crippen LogP contribution is -2.42. The molecule has 2 aliphatic carbocycles. The molecular formula is C31H23ClN2O4S2. The number of ether oxygens (including phenoxy) is 1. The van der Waals surface area contributed by atoms with Crippen molar-refractivity contribution in [2.45, 2.75) is 22.6 Å². The number of carbonyl (C=O) groups excluding carboxylic acids is 2. The highest BCUT2D eigenvalue weighted by Crippen LogP contribution is 2.68. The van der Waals surface area contributed by atoms with Crippen LogP contribution >= 0.6 is 34.7 Å². The maximum atomic E-state index is 13.9. The van der Waals surface area contributed by atoms with Crippen LogP contribution in [-0.2, 0) is 9.59 Å². The second-order valence-electron chi connectivity index (χ2n) is 10.9. The van der Waals surface area contributed by atoms with E-state index in [1.807, 2.05) is 42.5 Å². The van der Waals surface area contributed by atoms with Crippen molar-refractivity contribution in [1.82, 2.24) is 4.98 Å². The van der Waals surface area contributed by atoms with Crippen molar-refractivity contribution < 1.29 is 14.3 Å². The predicted molar refractivity (Wildman–Crippen MR) is 155 cm³/mol. The highest BCUT2D eigenvalue weighted by Gasteiger charge is 2.69. The molecule has 3 aromatic carbocycles. The smallest absolute Gasteiger partial charge is 0.305 e. The lowest BCUT2D eigenvalue weighted by Gasteiger charge is -2.43. The molecule has 8 rings (SSSR count). The summed E-state index contributed by atoms with van der Waals surface area (Å²) < 4.78 is 6.16. The van der Waals surface area contributed by atoms with Gasteiger partial charge in [0.15, 0.2) is 0 Å². The van der Waals surface area contributed by atoms with Gasteiger partial charge in [-0.05, 0) is 78.3 Å². The number of anilines is 1. The molecule has 6 nitrogen and oxygen atoms in total. The zero-order valence-electron chi connectivity index (χ0n) is 21.0. The van der Waals surface area contributed by atoms with Gasteiger partial charge in [0.1, 0.15) is 11.5 Å². The van der Waals surface area contributed by atoms with E-state index in [0.29, 0.717) is 10.7 Å². The molecule has 3 fully saturated rings. The maximum Gasteiger partial charge on any atom is 0.305 e. The van der Waals surface area contributed by atoms with Crippen molar-refractivity contribution in [3.8, 4) is 11.5 Å². The van der Waals surface area contributed by atoms with Gasteiger partial charge in [-0.1, -0.05) is 53.3 Å². The average molecular weight is 587 g/mol. The van der Waals surface area contributed by atoms with Gasteiger partial charge >= 0.3 is 4.87 Å². The fourth-order valence-corrected chi connectivity index (χ4v) is 10.6. The van der Waals surface area contributed by atoms with E-state index < -0.39 is 0 Å². The number of aromatic nitrogens is 1. The van der Waals surface area contributed by atoms with E-state index in [0.717, 1.165) is 33.4 Å². The third-order valence-electron chi connectivity index (χ3n) is 9.00. The molecule has 2 amide bonds. The minimum atomic E-state index is -0.349. The number of rotatable bonds is 4. The Labute approximate surface area is 243 Å². The Morgan fingerprint density at radius 3 is 2.35 bits per heavy atom. The highest BCUT2D eigenvalue weighted by atomic mass is 35.5. The third-order valence-corrected chi connectivity index (χ3v) is 11.8. The van der Waals surface area contributed by atoms with Crippen molar-refractivity contribution in [2.75, 3.05) is 4.90 Å². The fraction of sp³-hybridized carbons (Fsp3) is 0.258. The van der Waals surface area contributed by atoms with Crippen LogP contribution in [0.25, 0.3) is 0 Å². The number of amides is 2. The van der Waals surface area contributed by atoms with Crippen LogP contribution in [0.4, 0.5) is 5.69 Å². The summed E-state index contributed by atoms with van der Waals surface area (Å²) in [5, 5.41) is 1.59. The van der Waals surface area contributed by atoms with E-state index >= 15 is 0 Å². The molecular weight excluding hydrogens is 564 g/mol. The van der Waals surface area contributed by atoms with Gasteiger partial charge in [-0.2, -0.15) is 0 Å². The molecule has 2 bridgehead atoms. The van der Waals surface area contributed by atoms with Gasteiger partial charge < -0.3 is 9.72 Å². The van der Waals surface area contributed by atoms with Crippen molar-refractivity contribution in [2.24, 2.45) is 29.6 Å². The number of hydrogen-bond acceptors (Lipinski definition) is 6. The summed E-state index contributed by atoms with van der Waals surface area (Å²) in [5.41, 5.74) is 1.64. The van der Waals surface area contributed by atoms with Crippen LogP contribution in [0, 0.1) is 29.6 Å².